The van der Waals surface area contributed by atoms with Crippen molar-refractivity contribution in [2.75, 3.05) is 26.3 Å². The van der Waals surface area contributed by atoms with Gasteiger partial charge in [0.1, 0.15) is 0 Å². The van der Waals surface area contributed by atoms with Gasteiger partial charge >= 0.3 is 0 Å². The monoisotopic (exact) mass is 346 g/mol. The van der Waals surface area contributed by atoms with Gasteiger partial charge in [-0.2, -0.15) is 0 Å². The molecule has 2 rings (SSSR count). The highest BCUT2D eigenvalue weighted by Gasteiger charge is 2.34. The highest BCUT2D eigenvalue weighted by molar-refractivity contribution is 6.21. The van der Waals surface area contributed by atoms with E-state index < -0.39 is 0 Å². The van der Waals surface area contributed by atoms with Crippen LogP contribution >= 0.6 is 0 Å². The summed E-state index contributed by atoms with van der Waals surface area (Å²) in [6.45, 7) is 6.38. The molecule has 1 aliphatic rings. The lowest BCUT2D eigenvalue weighted by molar-refractivity contribution is -0.121. The second-order valence-corrected chi connectivity index (χ2v) is 6.58. The van der Waals surface area contributed by atoms with Crippen LogP contribution < -0.4 is 5.32 Å². The Hall–Kier alpha value is -2.21. The molecule has 0 atom stereocenters. The lowest BCUT2D eigenvalue weighted by Crippen LogP contribution is -2.32. The normalized spacial score (nSPS) is 13.5. The van der Waals surface area contributed by atoms with Crippen molar-refractivity contribution in [2.24, 2.45) is 5.92 Å². The van der Waals surface area contributed by atoms with E-state index in [0.29, 0.717) is 43.0 Å². The summed E-state index contributed by atoms with van der Waals surface area (Å²) in [5, 5.41) is 2.83. The van der Waals surface area contributed by atoms with E-state index in [1.807, 2.05) is 0 Å². The third-order valence-corrected chi connectivity index (χ3v) is 3.90. The minimum Gasteiger partial charge on any atom is -0.381 e. The van der Waals surface area contributed by atoms with Gasteiger partial charge in [0.25, 0.3) is 11.8 Å². The number of hydrogen-bond acceptors (Lipinski definition) is 4. The van der Waals surface area contributed by atoms with Gasteiger partial charge in [-0.05, 0) is 30.9 Å². The van der Waals surface area contributed by atoms with E-state index in [2.05, 4.69) is 19.2 Å². The molecule has 1 heterocycles. The van der Waals surface area contributed by atoms with Gasteiger partial charge in [0.05, 0.1) is 11.1 Å². The van der Waals surface area contributed by atoms with E-state index >= 15 is 0 Å². The molecule has 6 heteroatoms. The van der Waals surface area contributed by atoms with Crippen LogP contribution in [0, 0.1) is 5.92 Å². The molecule has 0 saturated heterocycles. The van der Waals surface area contributed by atoms with E-state index in [0.717, 1.165) is 13.0 Å². The zero-order valence-electron chi connectivity index (χ0n) is 14.9. The number of hydrogen-bond donors (Lipinski definition) is 1. The zero-order chi connectivity index (χ0) is 18.2. The highest BCUT2D eigenvalue weighted by atomic mass is 16.5. The third-order valence-electron chi connectivity index (χ3n) is 3.90. The van der Waals surface area contributed by atoms with Crippen molar-refractivity contribution in [1.82, 2.24) is 10.2 Å². The first-order valence-electron chi connectivity index (χ1n) is 8.80. The van der Waals surface area contributed by atoms with Crippen molar-refractivity contribution in [3.05, 3.63) is 35.4 Å². The number of fused-ring (bicyclic) bond motifs is 1. The van der Waals surface area contributed by atoms with E-state index in [4.69, 9.17) is 4.74 Å². The molecule has 0 saturated carbocycles. The number of imide groups is 1. The first-order chi connectivity index (χ1) is 12.0. The van der Waals surface area contributed by atoms with Gasteiger partial charge in [-0.15, -0.1) is 0 Å². The predicted molar refractivity (Wildman–Crippen MR) is 94.3 cm³/mol. The van der Waals surface area contributed by atoms with E-state index in [9.17, 15) is 14.4 Å². The zero-order valence-corrected chi connectivity index (χ0v) is 14.9. The van der Waals surface area contributed by atoms with Crippen molar-refractivity contribution in [2.45, 2.75) is 33.1 Å². The Labute approximate surface area is 148 Å². The Morgan fingerprint density at radius 2 is 1.76 bits per heavy atom. The van der Waals surface area contributed by atoms with Gasteiger partial charge in [-0.25, -0.2) is 0 Å². The molecule has 0 aliphatic carbocycles. The number of nitrogens with zero attached hydrogens (tertiary/aromatic N) is 1. The average molecular weight is 346 g/mol. The van der Waals surface area contributed by atoms with E-state index in [1.54, 1.807) is 24.3 Å². The molecular formula is C19H26N2O4. The molecule has 25 heavy (non-hydrogen) atoms. The molecular weight excluding hydrogens is 320 g/mol. The van der Waals surface area contributed by atoms with Crippen molar-refractivity contribution in [1.29, 1.82) is 0 Å². The summed E-state index contributed by atoms with van der Waals surface area (Å²) in [5.74, 6) is -0.108. The Morgan fingerprint density at radius 1 is 1.12 bits per heavy atom. The van der Waals surface area contributed by atoms with Gasteiger partial charge in [-0.3, -0.25) is 19.3 Å². The standard InChI is InChI=1S/C19H26N2O4/c1-14(2)13-25-12-6-10-20-17(22)9-5-11-21-18(23)15-7-3-4-8-16(15)19(21)24/h3-4,7-8,14H,5-6,9-13H2,1-2H3,(H,20,22). The SMILES string of the molecule is CC(C)COCCCNC(=O)CCCN1C(=O)c2ccccc2C1=O. The maximum atomic E-state index is 12.2. The number of carbonyl (C=O) groups excluding carboxylic acids is 3. The molecule has 0 bridgehead atoms. The van der Waals surface area contributed by atoms with Crippen LogP contribution in [0.3, 0.4) is 0 Å². The highest BCUT2D eigenvalue weighted by Crippen LogP contribution is 2.22. The summed E-state index contributed by atoms with van der Waals surface area (Å²) in [5.41, 5.74) is 0.886. The van der Waals surface area contributed by atoms with Gasteiger partial charge < -0.3 is 10.1 Å². The van der Waals surface area contributed by atoms with Crippen LogP contribution in [0.15, 0.2) is 24.3 Å². The van der Waals surface area contributed by atoms with E-state index in [-0.39, 0.29) is 24.3 Å². The molecule has 0 fully saturated rings. The number of rotatable bonds is 10. The van der Waals surface area contributed by atoms with Crippen LogP contribution in [-0.4, -0.2) is 48.9 Å². The lowest BCUT2D eigenvalue weighted by Gasteiger charge is -2.13. The Bertz CT molecular complexity index is 593. The number of ether oxygens (including phenoxy) is 1. The fraction of sp³-hybridized carbons (Fsp3) is 0.526. The van der Waals surface area contributed by atoms with Crippen LogP contribution in [0.2, 0.25) is 0 Å². The number of benzene rings is 1. The number of carbonyl (C=O) groups is 3. The Kier molecular flexibility index (Phi) is 7.13. The summed E-state index contributed by atoms with van der Waals surface area (Å²) < 4.78 is 5.45. The second-order valence-electron chi connectivity index (χ2n) is 6.58. The summed E-state index contributed by atoms with van der Waals surface area (Å²) in [7, 11) is 0. The first-order valence-corrected chi connectivity index (χ1v) is 8.80. The maximum Gasteiger partial charge on any atom is 0.261 e. The Balaban J connectivity index is 1.62. The molecule has 6 nitrogen and oxygen atoms in total. The van der Waals surface area contributed by atoms with Crippen molar-refractivity contribution < 1.29 is 19.1 Å². The van der Waals surface area contributed by atoms with Crippen LogP contribution in [0.1, 0.15) is 53.8 Å². The van der Waals surface area contributed by atoms with E-state index in [1.165, 1.54) is 4.90 Å². The third kappa shape index (κ3) is 5.39. The molecule has 136 valence electrons. The van der Waals surface area contributed by atoms with Crippen LogP contribution in [0.5, 0.6) is 0 Å². The van der Waals surface area contributed by atoms with Gasteiger partial charge in [0.2, 0.25) is 5.91 Å². The summed E-state index contributed by atoms with van der Waals surface area (Å²) in [6.07, 6.45) is 1.53. The quantitative estimate of drug-likeness (QED) is 0.521. The number of nitrogens with one attached hydrogen (secondary N) is 1. The predicted octanol–water partition coefficient (Wildman–Crippen LogP) is 2.24. The molecule has 1 aromatic rings. The first kappa shape index (κ1) is 19.1. The van der Waals surface area contributed by atoms with Gasteiger partial charge in [0, 0.05) is 32.7 Å². The summed E-state index contributed by atoms with van der Waals surface area (Å²) in [4.78, 5) is 37.4. The fourth-order valence-corrected chi connectivity index (χ4v) is 2.65. The fourth-order valence-electron chi connectivity index (χ4n) is 2.65. The lowest BCUT2D eigenvalue weighted by atomic mass is 10.1. The molecule has 1 aromatic carbocycles. The molecule has 3 amide bonds. The average Bonchev–Trinajstić information content (AvgIpc) is 2.83. The van der Waals surface area contributed by atoms with Crippen molar-refractivity contribution in [3.8, 4) is 0 Å². The van der Waals surface area contributed by atoms with Gasteiger partial charge in [0.15, 0.2) is 0 Å². The van der Waals surface area contributed by atoms with Crippen LogP contribution in [0.4, 0.5) is 0 Å². The Morgan fingerprint density at radius 3 is 2.36 bits per heavy atom. The molecule has 1 N–H and O–H groups in total. The summed E-state index contributed by atoms with van der Waals surface area (Å²) >= 11 is 0. The largest absolute Gasteiger partial charge is 0.381 e. The van der Waals surface area contributed by atoms with Crippen LogP contribution in [-0.2, 0) is 9.53 Å². The minimum atomic E-state index is -0.275. The molecule has 0 unspecified atom stereocenters. The van der Waals surface area contributed by atoms with Crippen molar-refractivity contribution in [3.63, 3.8) is 0 Å². The van der Waals surface area contributed by atoms with Crippen LogP contribution in [0.25, 0.3) is 0 Å². The smallest absolute Gasteiger partial charge is 0.261 e. The minimum absolute atomic E-state index is 0.0690. The summed E-state index contributed by atoms with van der Waals surface area (Å²) in [6, 6.07) is 6.80. The van der Waals surface area contributed by atoms with Crippen molar-refractivity contribution >= 4 is 17.7 Å². The molecule has 0 aromatic heterocycles. The second kappa shape index (κ2) is 9.32. The maximum absolute atomic E-state index is 12.2. The molecule has 1 aliphatic heterocycles. The van der Waals surface area contributed by atoms with Gasteiger partial charge in [-0.1, -0.05) is 26.0 Å². The molecule has 0 radical (unpaired) electrons. The number of amides is 3. The molecule has 0 spiro atoms. The topological polar surface area (TPSA) is 75.7 Å².